The third-order valence-electron chi connectivity index (χ3n) is 4.76. The fourth-order valence-corrected chi connectivity index (χ4v) is 3.17. The summed E-state index contributed by atoms with van der Waals surface area (Å²) in [7, 11) is 0. The molecule has 1 aromatic heterocycles. The van der Waals surface area contributed by atoms with Crippen molar-refractivity contribution in [3.05, 3.63) is 36.0 Å². The Balaban J connectivity index is 1.77. The molecule has 6 nitrogen and oxygen atoms in total. The van der Waals surface area contributed by atoms with Crippen molar-refractivity contribution in [3.63, 3.8) is 0 Å². The van der Waals surface area contributed by atoms with Crippen molar-refractivity contribution in [1.82, 2.24) is 15.2 Å². The Morgan fingerprint density at radius 3 is 2.68 bits per heavy atom. The molecule has 3 amide bonds. The summed E-state index contributed by atoms with van der Waals surface area (Å²) in [6, 6.07) is 6.96. The lowest BCUT2D eigenvalue weighted by Gasteiger charge is -2.22. The van der Waals surface area contributed by atoms with Crippen molar-refractivity contribution >= 4 is 28.6 Å². The fraction of sp³-hybridized carbons (Fsp3) is 0.421. The number of Topliss-reactive ketones (excluding diaryl/α,β-unsaturated/α-hetero) is 1. The maximum atomic E-state index is 12.7. The SMILES string of the molecule is CC(C)CC[C@]1(C)NC(=O)N(CC(=O)c2c[nH]c3ccccc23)C1=O. The van der Waals surface area contributed by atoms with Gasteiger partial charge in [0.15, 0.2) is 5.78 Å². The van der Waals surface area contributed by atoms with E-state index in [1.807, 2.05) is 24.3 Å². The van der Waals surface area contributed by atoms with Gasteiger partial charge < -0.3 is 10.3 Å². The lowest BCUT2D eigenvalue weighted by atomic mass is 9.92. The van der Waals surface area contributed by atoms with Gasteiger partial charge in [0.05, 0.1) is 6.54 Å². The maximum absolute atomic E-state index is 12.7. The van der Waals surface area contributed by atoms with Crippen LogP contribution < -0.4 is 5.32 Å². The number of carbonyl (C=O) groups excluding carboxylic acids is 3. The zero-order valence-electron chi connectivity index (χ0n) is 14.8. The minimum Gasteiger partial charge on any atom is -0.360 e. The van der Waals surface area contributed by atoms with Crippen LogP contribution >= 0.6 is 0 Å². The number of nitrogens with zero attached hydrogens (tertiary/aromatic N) is 1. The highest BCUT2D eigenvalue weighted by molar-refractivity contribution is 6.14. The Morgan fingerprint density at radius 1 is 1.24 bits per heavy atom. The van der Waals surface area contributed by atoms with E-state index >= 15 is 0 Å². The van der Waals surface area contributed by atoms with E-state index < -0.39 is 11.6 Å². The number of urea groups is 1. The van der Waals surface area contributed by atoms with Crippen LogP contribution in [0, 0.1) is 5.92 Å². The molecule has 0 radical (unpaired) electrons. The van der Waals surface area contributed by atoms with Gasteiger partial charge in [0.2, 0.25) is 0 Å². The normalized spacial score (nSPS) is 20.6. The van der Waals surface area contributed by atoms with Gasteiger partial charge in [-0.05, 0) is 31.7 Å². The molecular formula is C19H23N3O3. The Bertz CT molecular complexity index is 839. The molecule has 1 saturated heterocycles. The van der Waals surface area contributed by atoms with E-state index in [0.29, 0.717) is 17.9 Å². The maximum Gasteiger partial charge on any atom is 0.325 e. The van der Waals surface area contributed by atoms with Crippen molar-refractivity contribution < 1.29 is 14.4 Å². The van der Waals surface area contributed by atoms with Crippen LogP contribution in [0.4, 0.5) is 4.79 Å². The van der Waals surface area contributed by atoms with Crippen LogP contribution in [0.5, 0.6) is 0 Å². The average Bonchev–Trinajstić information content (AvgIpc) is 3.08. The number of ketones is 1. The second-order valence-corrected chi connectivity index (χ2v) is 7.26. The standard InChI is InChI=1S/C19H23N3O3/c1-12(2)8-9-19(3)17(24)22(18(25)21-19)11-16(23)14-10-20-15-7-5-4-6-13(14)15/h4-7,10,12,20H,8-9,11H2,1-3H3,(H,21,25)/t19-/m0/s1. The molecular weight excluding hydrogens is 318 g/mol. The van der Waals surface area contributed by atoms with E-state index in [0.717, 1.165) is 22.2 Å². The highest BCUT2D eigenvalue weighted by Gasteiger charge is 2.47. The van der Waals surface area contributed by atoms with Crippen LogP contribution in [0.3, 0.4) is 0 Å². The number of aromatic amines is 1. The molecule has 1 fully saturated rings. The first-order valence-electron chi connectivity index (χ1n) is 8.55. The van der Waals surface area contributed by atoms with Crippen LogP contribution in [0.2, 0.25) is 0 Å². The number of amides is 3. The first-order valence-corrected chi connectivity index (χ1v) is 8.55. The summed E-state index contributed by atoms with van der Waals surface area (Å²) >= 11 is 0. The van der Waals surface area contributed by atoms with E-state index in [1.54, 1.807) is 13.1 Å². The van der Waals surface area contributed by atoms with Crippen LogP contribution in [0.1, 0.15) is 44.0 Å². The summed E-state index contributed by atoms with van der Waals surface area (Å²) < 4.78 is 0. The molecule has 1 aromatic carbocycles. The largest absolute Gasteiger partial charge is 0.360 e. The van der Waals surface area contributed by atoms with Crippen LogP contribution in [0.25, 0.3) is 10.9 Å². The Morgan fingerprint density at radius 2 is 1.96 bits per heavy atom. The van der Waals surface area contributed by atoms with Crippen molar-refractivity contribution in [2.24, 2.45) is 5.92 Å². The number of aromatic nitrogens is 1. The smallest absolute Gasteiger partial charge is 0.325 e. The number of benzene rings is 1. The monoisotopic (exact) mass is 341 g/mol. The Kier molecular flexibility index (Phi) is 4.37. The van der Waals surface area contributed by atoms with Gasteiger partial charge in [0.25, 0.3) is 5.91 Å². The number of fused-ring (bicyclic) bond motifs is 1. The molecule has 1 atom stereocenters. The third kappa shape index (κ3) is 3.16. The summed E-state index contributed by atoms with van der Waals surface area (Å²) in [5.41, 5.74) is 0.416. The summed E-state index contributed by atoms with van der Waals surface area (Å²) in [5.74, 6) is -0.149. The van der Waals surface area contributed by atoms with Gasteiger partial charge in [-0.15, -0.1) is 0 Å². The lowest BCUT2D eigenvalue weighted by molar-refractivity contribution is -0.130. The second kappa shape index (κ2) is 6.35. The molecule has 0 spiro atoms. The van der Waals surface area contributed by atoms with Gasteiger partial charge >= 0.3 is 6.03 Å². The van der Waals surface area contributed by atoms with Crippen molar-refractivity contribution in [2.75, 3.05) is 6.54 Å². The molecule has 2 aromatic rings. The Hall–Kier alpha value is -2.63. The molecule has 25 heavy (non-hydrogen) atoms. The van der Waals surface area contributed by atoms with Crippen molar-refractivity contribution in [3.8, 4) is 0 Å². The van der Waals surface area contributed by atoms with Crippen LogP contribution in [-0.2, 0) is 4.79 Å². The quantitative estimate of drug-likeness (QED) is 0.626. The van der Waals surface area contributed by atoms with Crippen LogP contribution in [0.15, 0.2) is 30.5 Å². The van der Waals surface area contributed by atoms with E-state index in [9.17, 15) is 14.4 Å². The summed E-state index contributed by atoms with van der Waals surface area (Å²) in [6.07, 6.45) is 3.02. The first-order chi connectivity index (χ1) is 11.8. The third-order valence-corrected chi connectivity index (χ3v) is 4.76. The molecule has 2 heterocycles. The number of imide groups is 1. The van der Waals surface area contributed by atoms with Gasteiger partial charge in [0, 0.05) is 22.7 Å². The van der Waals surface area contributed by atoms with E-state index in [4.69, 9.17) is 0 Å². The highest BCUT2D eigenvalue weighted by Crippen LogP contribution is 2.25. The number of hydrogen-bond acceptors (Lipinski definition) is 3. The highest BCUT2D eigenvalue weighted by atomic mass is 16.2. The van der Waals surface area contributed by atoms with E-state index in [2.05, 4.69) is 24.1 Å². The van der Waals surface area contributed by atoms with E-state index in [1.165, 1.54) is 0 Å². The fourth-order valence-electron chi connectivity index (χ4n) is 3.17. The van der Waals surface area contributed by atoms with Crippen LogP contribution in [-0.4, -0.2) is 39.7 Å². The molecule has 0 bridgehead atoms. The number of para-hydroxylation sites is 1. The number of carbonyl (C=O) groups is 3. The second-order valence-electron chi connectivity index (χ2n) is 7.26. The minimum atomic E-state index is -0.929. The minimum absolute atomic E-state index is 0.246. The van der Waals surface area contributed by atoms with E-state index in [-0.39, 0.29) is 18.2 Å². The van der Waals surface area contributed by atoms with Crippen molar-refractivity contribution in [1.29, 1.82) is 0 Å². The predicted molar refractivity (Wildman–Crippen MR) is 95.4 cm³/mol. The molecule has 2 N–H and O–H groups in total. The molecule has 0 aliphatic carbocycles. The van der Waals surface area contributed by atoms with Gasteiger partial charge in [-0.2, -0.15) is 0 Å². The molecule has 3 rings (SSSR count). The number of H-pyrrole nitrogens is 1. The predicted octanol–water partition coefficient (Wildman–Crippen LogP) is 3.10. The number of nitrogens with one attached hydrogen (secondary N) is 2. The average molecular weight is 341 g/mol. The van der Waals surface area contributed by atoms with Gasteiger partial charge in [0.1, 0.15) is 5.54 Å². The molecule has 1 aliphatic rings. The number of hydrogen-bond donors (Lipinski definition) is 2. The molecule has 132 valence electrons. The topological polar surface area (TPSA) is 82.3 Å². The molecule has 6 heteroatoms. The number of rotatable bonds is 6. The zero-order valence-corrected chi connectivity index (χ0v) is 14.8. The summed E-state index contributed by atoms with van der Waals surface area (Å²) in [5, 5.41) is 3.54. The molecule has 1 aliphatic heterocycles. The van der Waals surface area contributed by atoms with Gasteiger partial charge in [-0.25, -0.2) is 4.79 Å². The van der Waals surface area contributed by atoms with Crippen molar-refractivity contribution in [2.45, 2.75) is 39.2 Å². The van der Waals surface area contributed by atoms with Gasteiger partial charge in [-0.3, -0.25) is 14.5 Å². The van der Waals surface area contributed by atoms with Gasteiger partial charge in [-0.1, -0.05) is 32.0 Å². The molecule has 0 unspecified atom stereocenters. The summed E-state index contributed by atoms with van der Waals surface area (Å²) in [6.45, 7) is 5.63. The zero-order chi connectivity index (χ0) is 18.2. The molecule has 0 saturated carbocycles. The summed E-state index contributed by atoms with van der Waals surface area (Å²) in [4.78, 5) is 41.7. The lowest BCUT2D eigenvalue weighted by Crippen LogP contribution is -2.44. The first kappa shape index (κ1) is 17.2. The Labute approximate surface area is 146 Å².